The van der Waals surface area contributed by atoms with Crippen LogP contribution in [-0.2, 0) is 0 Å². The molecule has 0 saturated heterocycles. The Labute approximate surface area is 40.6 Å². The molecule has 3 nitrogen and oxygen atoms in total. The quantitative estimate of drug-likeness (QED) is 0.469. The molecule has 1 heterocycles. The molecule has 0 fully saturated rings. The molecule has 3 heteroatoms. The summed E-state index contributed by atoms with van der Waals surface area (Å²) >= 11 is 0. The van der Waals surface area contributed by atoms with Gasteiger partial charge in [-0.1, -0.05) is 0 Å². The summed E-state index contributed by atoms with van der Waals surface area (Å²) in [5.41, 5.74) is 0. The number of hydrogen-bond acceptors (Lipinski definition) is 3. The molecule has 36 valence electrons. The molecule has 0 saturated carbocycles. The summed E-state index contributed by atoms with van der Waals surface area (Å²) in [6, 6.07) is 0. The van der Waals surface area contributed by atoms with Crippen LogP contribution in [0.4, 0.5) is 0 Å². The monoisotopic (exact) mass is 98.0 g/mol. The third-order valence-corrected chi connectivity index (χ3v) is 0.384. The fourth-order valence-corrected chi connectivity index (χ4v) is 0.194. The van der Waals surface area contributed by atoms with Gasteiger partial charge in [0.1, 0.15) is 12.5 Å². The average Bonchev–Trinajstić information content (AvgIpc) is 1.86. The summed E-state index contributed by atoms with van der Waals surface area (Å²) in [5, 5.41) is 0. The molecule has 4 radical (unpaired) electrons. The van der Waals surface area contributed by atoms with Crippen molar-refractivity contribution in [2.75, 3.05) is 0 Å². The van der Waals surface area contributed by atoms with Crippen LogP contribution in [0.1, 0.15) is 0 Å². The van der Waals surface area contributed by atoms with E-state index in [2.05, 4.69) is 8.83 Å². The number of hydrogen-bond donors (Lipinski definition) is 0. The largest absolute Gasteiger partial charge is 0.518 e. The molecule has 7 heavy (non-hydrogen) atoms. The summed E-state index contributed by atoms with van der Waals surface area (Å²) in [4.78, 5) is 9.74. The predicted octanol–water partition coefficient (Wildman–Crippen LogP) is 0.314. The molecule has 1 aromatic rings. The zero-order valence-corrected chi connectivity index (χ0v) is 3.38. The van der Waals surface area contributed by atoms with E-state index in [9.17, 15) is 4.79 Å². The lowest BCUT2D eigenvalue weighted by Gasteiger charge is -1.49. The van der Waals surface area contributed by atoms with Crippen LogP contribution in [0.25, 0.3) is 0 Å². The van der Waals surface area contributed by atoms with Crippen LogP contribution in [-0.4, -0.2) is 0 Å². The van der Waals surface area contributed by atoms with E-state index in [1.807, 2.05) is 0 Å². The van der Waals surface area contributed by atoms with E-state index in [-0.39, 0.29) is 7.43 Å². The van der Waals surface area contributed by atoms with Crippen LogP contribution in [0.3, 0.4) is 0 Å². The van der Waals surface area contributed by atoms with Crippen molar-refractivity contribution in [1.29, 1.82) is 0 Å². The minimum absolute atomic E-state index is 0. The summed E-state index contributed by atoms with van der Waals surface area (Å²) in [6.45, 7) is 0. The fourth-order valence-electron chi connectivity index (χ4n) is 0.194. The van der Waals surface area contributed by atoms with E-state index in [0.29, 0.717) is 0 Å². The van der Waals surface area contributed by atoms with Gasteiger partial charge in [0.2, 0.25) is 0 Å². The van der Waals surface area contributed by atoms with Gasteiger partial charge >= 0.3 is 5.82 Å². The summed E-state index contributed by atoms with van der Waals surface area (Å²) in [5.74, 6) is -0.657. The third kappa shape index (κ3) is 1.26. The van der Waals surface area contributed by atoms with Crippen molar-refractivity contribution in [2.24, 2.45) is 0 Å². The second-order valence-corrected chi connectivity index (χ2v) is 0.758. The maximum atomic E-state index is 9.74. The first-order valence-electron chi connectivity index (χ1n) is 1.42. The van der Waals surface area contributed by atoms with Crippen molar-refractivity contribution in [2.45, 2.75) is 0 Å². The normalized spacial score (nSPS) is 7.43. The molecule has 0 bridgehead atoms. The van der Waals surface area contributed by atoms with Gasteiger partial charge in [-0.2, -0.15) is 0 Å². The Morgan fingerprint density at radius 2 is 1.71 bits per heavy atom. The van der Waals surface area contributed by atoms with Crippen molar-refractivity contribution < 1.29 is 8.83 Å². The molecule has 0 atom stereocenters. The van der Waals surface area contributed by atoms with Gasteiger partial charge in [-0.25, -0.2) is 4.79 Å². The molecule has 0 aliphatic rings. The molecule has 0 aliphatic carbocycles. The zero-order valence-electron chi connectivity index (χ0n) is 3.38. The zero-order chi connectivity index (χ0) is 4.41. The molecular weight excluding hydrogens is 96.0 g/mol. The Bertz CT molecular complexity index is 145. The summed E-state index contributed by atoms with van der Waals surface area (Å²) < 4.78 is 8.22. The van der Waals surface area contributed by atoms with Crippen LogP contribution >= 0.6 is 0 Å². The van der Waals surface area contributed by atoms with Crippen molar-refractivity contribution in [1.82, 2.24) is 0 Å². The van der Waals surface area contributed by atoms with Crippen molar-refractivity contribution >= 4 is 0 Å². The average molecular weight is 98.1 g/mol. The highest BCUT2D eigenvalue weighted by Crippen LogP contribution is 1.70. The minimum atomic E-state index is -0.657. The van der Waals surface area contributed by atoms with E-state index in [4.69, 9.17) is 0 Å². The molecule has 0 amide bonds. The molecular formula is C4H2O3. The van der Waals surface area contributed by atoms with Crippen molar-refractivity contribution in [3.8, 4) is 0 Å². The van der Waals surface area contributed by atoms with Crippen molar-refractivity contribution in [3.63, 3.8) is 0 Å². The first-order chi connectivity index (χ1) is 2.89. The highest BCUT2D eigenvalue weighted by atomic mass is 16.5. The molecule has 0 spiro atoms. The highest BCUT2D eigenvalue weighted by molar-refractivity contribution is 4.49. The van der Waals surface area contributed by atoms with E-state index in [1.54, 1.807) is 0 Å². The Morgan fingerprint density at radius 3 is 1.86 bits per heavy atom. The van der Waals surface area contributed by atoms with Gasteiger partial charge in [0.05, 0.1) is 0 Å². The van der Waals surface area contributed by atoms with Crippen molar-refractivity contribution in [3.05, 3.63) is 30.6 Å². The Morgan fingerprint density at radius 1 is 1.29 bits per heavy atom. The Balaban J connectivity index is 0.000000360. The molecule has 1 rings (SSSR count). The van der Waals surface area contributed by atoms with Crippen LogP contribution < -0.4 is 5.82 Å². The van der Waals surface area contributed by atoms with Gasteiger partial charge in [0.15, 0.2) is 0 Å². The highest BCUT2D eigenvalue weighted by Gasteiger charge is 1.77. The lowest BCUT2D eigenvalue weighted by Crippen LogP contribution is -1.83. The van der Waals surface area contributed by atoms with Gasteiger partial charge in [0, 0.05) is 7.43 Å². The molecule has 0 N–H and O–H groups in total. The second kappa shape index (κ2) is 2.23. The maximum absolute atomic E-state index is 9.74. The maximum Gasteiger partial charge on any atom is 0.518 e. The topological polar surface area (TPSA) is 43.4 Å². The predicted molar refractivity (Wildman–Crippen MR) is 20.5 cm³/mol. The minimum Gasteiger partial charge on any atom is -0.399 e. The summed E-state index contributed by atoms with van der Waals surface area (Å²) in [6.07, 6.45) is 2.37. The van der Waals surface area contributed by atoms with Gasteiger partial charge < -0.3 is 8.83 Å². The standard InChI is InChI=1S/C3H2O3.C/c4-3-5-1-2-6-3;/h1-2H;. The van der Waals surface area contributed by atoms with Gasteiger partial charge in [-0.05, 0) is 0 Å². The summed E-state index contributed by atoms with van der Waals surface area (Å²) in [7, 11) is 0. The lowest BCUT2D eigenvalue weighted by molar-refractivity contribution is 0.385. The molecule has 0 aliphatic heterocycles. The molecule has 0 unspecified atom stereocenters. The Kier molecular flexibility index (Phi) is 1.91. The van der Waals surface area contributed by atoms with E-state index in [1.165, 1.54) is 12.5 Å². The second-order valence-electron chi connectivity index (χ2n) is 0.758. The van der Waals surface area contributed by atoms with Gasteiger partial charge in [-0.3, -0.25) is 0 Å². The SMILES string of the molecule is O=c1occo1.[C]. The molecule has 1 aromatic heterocycles. The van der Waals surface area contributed by atoms with Crippen LogP contribution in [0, 0.1) is 7.43 Å². The van der Waals surface area contributed by atoms with E-state index < -0.39 is 5.82 Å². The first kappa shape index (κ1) is 6.01. The van der Waals surface area contributed by atoms with Crippen LogP contribution in [0.15, 0.2) is 26.2 Å². The van der Waals surface area contributed by atoms with Gasteiger partial charge in [-0.15, -0.1) is 0 Å². The lowest BCUT2D eigenvalue weighted by atomic mass is 11.1. The number of rotatable bonds is 0. The first-order valence-corrected chi connectivity index (χ1v) is 1.42. The smallest absolute Gasteiger partial charge is 0.399 e. The van der Waals surface area contributed by atoms with Gasteiger partial charge in [0.25, 0.3) is 0 Å². The van der Waals surface area contributed by atoms with E-state index in [0.717, 1.165) is 0 Å². The molecule has 0 aromatic carbocycles. The van der Waals surface area contributed by atoms with Crippen LogP contribution in [0.2, 0.25) is 0 Å². The van der Waals surface area contributed by atoms with Crippen LogP contribution in [0.5, 0.6) is 0 Å². The third-order valence-electron chi connectivity index (χ3n) is 0.384. The van der Waals surface area contributed by atoms with E-state index >= 15 is 0 Å². The fraction of sp³-hybridized carbons (Fsp3) is 0. The Hall–Kier alpha value is -0.990.